The predicted octanol–water partition coefficient (Wildman–Crippen LogP) is 2.42. The van der Waals surface area contributed by atoms with Gasteiger partial charge in [-0.15, -0.1) is 0 Å². The molecule has 4 nitrogen and oxygen atoms in total. The van der Waals surface area contributed by atoms with Crippen LogP contribution < -0.4 is 11.5 Å². The maximum absolute atomic E-state index is 11.5. The lowest BCUT2D eigenvalue weighted by Crippen LogP contribution is -2.48. The van der Waals surface area contributed by atoms with E-state index in [-0.39, 0.29) is 23.9 Å². The Balaban J connectivity index is 2.28. The van der Waals surface area contributed by atoms with Crippen LogP contribution in [0.15, 0.2) is 28.7 Å². The average Bonchev–Trinajstić information content (AvgIpc) is 2.49. The maximum Gasteiger partial charge on any atom is 0.221 e. The first-order valence-electron chi connectivity index (χ1n) is 7.58. The number of benzene rings is 1. The van der Waals surface area contributed by atoms with Gasteiger partial charge in [-0.1, -0.05) is 41.1 Å². The summed E-state index contributed by atoms with van der Waals surface area (Å²) in [6, 6.07) is 8.34. The summed E-state index contributed by atoms with van der Waals surface area (Å²) in [5.41, 5.74) is 13.1. The summed E-state index contributed by atoms with van der Waals surface area (Å²) >= 11 is 3.63. The fraction of sp³-hybridized carbons (Fsp3) is 0.562. The quantitative estimate of drug-likeness (QED) is 0.853. The standard InChI is InChI=1S/C16H24BrN3O/c1-2-14(18)15(12-7-3-4-8-13(12)17)20-9-5-6-11(10-20)16(19)21/h3-4,7-8,11,14-15H,2,5-6,9-10,18H2,1H3,(H2,19,21). The van der Waals surface area contributed by atoms with Gasteiger partial charge in [0.05, 0.1) is 12.0 Å². The lowest BCUT2D eigenvalue weighted by Gasteiger charge is -2.40. The molecule has 1 saturated heterocycles. The highest BCUT2D eigenvalue weighted by Crippen LogP contribution is 2.33. The number of nitrogens with two attached hydrogens (primary N) is 2. The fourth-order valence-corrected chi connectivity index (χ4v) is 3.65. The van der Waals surface area contributed by atoms with Crippen molar-refractivity contribution in [2.75, 3.05) is 13.1 Å². The normalized spacial score (nSPS) is 22.7. The highest BCUT2D eigenvalue weighted by atomic mass is 79.9. The molecular formula is C16H24BrN3O. The highest BCUT2D eigenvalue weighted by Gasteiger charge is 2.32. The zero-order chi connectivity index (χ0) is 15.4. The van der Waals surface area contributed by atoms with Gasteiger partial charge in [0.15, 0.2) is 0 Å². The number of piperidine rings is 1. The van der Waals surface area contributed by atoms with Crippen molar-refractivity contribution < 1.29 is 4.79 Å². The van der Waals surface area contributed by atoms with Gasteiger partial charge in [0.25, 0.3) is 0 Å². The number of hydrogen-bond donors (Lipinski definition) is 2. The monoisotopic (exact) mass is 353 g/mol. The van der Waals surface area contributed by atoms with Crippen molar-refractivity contribution in [2.24, 2.45) is 17.4 Å². The average molecular weight is 354 g/mol. The second-order valence-electron chi connectivity index (χ2n) is 5.77. The SMILES string of the molecule is CCC(N)C(c1ccccc1Br)N1CCCC(C(N)=O)C1. The molecule has 3 unspecified atom stereocenters. The Bertz CT molecular complexity index is 494. The van der Waals surface area contributed by atoms with Crippen molar-refractivity contribution >= 4 is 21.8 Å². The van der Waals surface area contributed by atoms with Crippen LogP contribution in [0.25, 0.3) is 0 Å². The molecule has 1 fully saturated rings. The number of amides is 1. The van der Waals surface area contributed by atoms with Gasteiger partial charge in [-0.2, -0.15) is 0 Å². The molecule has 0 aliphatic carbocycles. The molecule has 21 heavy (non-hydrogen) atoms. The molecule has 0 spiro atoms. The molecule has 1 aliphatic heterocycles. The van der Waals surface area contributed by atoms with Crippen molar-refractivity contribution in [3.8, 4) is 0 Å². The lowest BCUT2D eigenvalue weighted by molar-refractivity contribution is -0.123. The number of nitrogens with zero attached hydrogens (tertiary/aromatic N) is 1. The van der Waals surface area contributed by atoms with Gasteiger partial charge in [-0.3, -0.25) is 9.69 Å². The van der Waals surface area contributed by atoms with Gasteiger partial charge in [0, 0.05) is 17.1 Å². The topological polar surface area (TPSA) is 72.3 Å². The van der Waals surface area contributed by atoms with Crippen LogP contribution in [0.2, 0.25) is 0 Å². The van der Waals surface area contributed by atoms with Crippen molar-refractivity contribution in [3.63, 3.8) is 0 Å². The van der Waals surface area contributed by atoms with Crippen LogP contribution in [-0.4, -0.2) is 29.9 Å². The van der Waals surface area contributed by atoms with Gasteiger partial charge in [-0.05, 0) is 37.4 Å². The molecule has 4 N–H and O–H groups in total. The van der Waals surface area contributed by atoms with E-state index in [2.05, 4.69) is 33.8 Å². The molecule has 1 amide bonds. The molecular weight excluding hydrogens is 330 g/mol. The number of hydrogen-bond acceptors (Lipinski definition) is 3. The van der Waals surface area contributed by atoms with E-state index in [0.29, 0.717) is 6.54 Å². The molecule has 1 aromatic rings. The summed E-state index contributed by atoms with van der Waals surface area (Å²) in [4.78, 5) is 13.8. The van der Waals surface area contributed by atoms with Gasteiger partial charge >= 0.3 is 0 Å². The Kier molecular flexibility index (Phi) is 5.79. The predicted molar refractivity (Wildman–Crippen MR) is 88.6 cm³/mol. The summed E-state index contributed by atoms with van der Waals surface area (Å²) in [6.07, 6.45) is 2.77. The van der Waals surface area contributed by atoms with Crippen molar-refractivity contribution in [3.05, 3.63) is 34.3 Å². The van der Waals surface area contributed by atoms with E-state index in [1.54, 1.807) is 0 Å². The lowest BCUT2D eigenvalue weighted by atomic mass is 9.90. The summed E-state index contributed by atoms with van der Waals surface area (Å²) in [5.74, 6) is -0.261. The van der Waals surface area contributed by atoms with Gasteiger partial charge < -0.3 is 11.5 Å². The van der Waals surface area contributed by atoms with E-state index in [9.17, 15) is 4.79 Å². The molecule has 3 atom stereocenters. The molecule has 0 aromatic heterocycles. The Labute approximate surface area is 135 Å². The van der Waals surface area contributed by atoms with Crippen LogP contribution in [0, 0.1) is 5.92 Å². The number of likely N-dealkylation sites (tertiary alicyclic amines) is 1. The van der Waals surface area contributed by atoms with Crippen molar-refractivity contribution in [1.82, 2.24) is 4.90 Å². The van der Waals surface area contributed by atoms with Crippen LogP contribution in [0.3, 0.4) is 0 Å². The van der Waals surface area contributed by atoms with E-state index in [0.717, 1.165) is 30.3 Å². The summed E-state index contributed by atoms with van der Waals surface area (Å²) in [7, 11) is 0. The second-order valence-corrected chi connectivity index (χ2v) is 6.63. The van der Waals surface area contributed by atoms with Crippen LogP contribution >= 0.6 is 15.9 Å². The first-order valence-corrected chi connectivity index (χ1v) is 8.37. The molecule has 0 radical (unpaired) electrons. The van der Waals surface area contributed by atoms with Gasteiger partial charge in [-0.25, -0.2) is 0 Å². The molecule has 1 heterocycles. The number of rotatable bonds is 5. The zero-order valence-electron chi connectivity index (χ0n) is 12.5. The minimum Gasteiger partial charge on any atom is -0.369 e. The Hall–Kier alpha value is -0.910. The zero-order valence-corrected chi connectivity index (χ0v) is 14.1. The van der Waals surface area contributed by atoms with Crippen molar-refractivity contribution in [2.45, 2.75) is 38.3 Å². The van der Waals surface area contributed by atoms with Crippen LogP contribution in [-0.2, 0) is 4.79 Å². The van der Waals surface area contributed by atoms with E-state index in [1.165, 1.54) is 5.56 Å². The van der Waals surface area contributed by atoms with Gasteiger partial charge in [0.2, 0.25) is 5.91 Å². The summed E-state index contributed by atoms with van der Waals surface area (Å²) in [6.45, 7) is 3.77. The molecule has 0 bridgehead atoms. The molecule has 0 saturated carbocycles. The highest BCUT2D eigenvalue weighted by molar-refractivity contribution is 9.10. The van der Waals surface area contributed by atoms with E-state index < -0.39 is 0 Å². The van der Waals surface area contributed by atoms with Crippen LogP contribution in [0.1, 0.15) is 37.8 Å². The molecule has 1 aliphatic rings. The first kappa shape index (κ1) is 16.5. The third-order valence-corrected chi connectivity index (χ3v) is 5.07. The Morgan fingerprint density at radius 1 is 1.48 bits per heavy atom. The van der Waals surface area contributed by atoms with Crippen molar-refractivity contribution in [1.29, 1.82) is 0 Å². The Morgan fingerprint density at radius 3 is 2.81 bits per heavy atom. The second kappa shape index (κ2) is 7.38. The largest absolute Gasteiger partial charge is 0.369 e. The minimum atomic E-state index is -0.198. The fourth-order valence-electron chi connectivity index (χ4n) is 3.13. The number of carbonyl (C=O) groups excluding carboxylic acids is 1. The van der Waals surface area contributed by atoms with Gasteiger partial charge in [0.1, 0.15) is 0 Å². The maximum atomic E-state index is 11.5. The van der Waals surface area contributed by atoms with Crippen LogP contribution in [0.5, 0.6) is 0 Å². The molecule has 2 rings (SSSR count). The number of halogens is 1. The molecule has 1 aromatic carbocycles. The molecule has 116 valence electrons. The number of carbonyl (C=O) groups is 1. The third-order valence-electron chi connectivity index (χ3n) is 4.35. The Morgan fingerprint density at radius 2 is 2.19 bits per heavy atom. The van der Waals surface area contributed by atoms with E-state index in [1.807, 2.05) is 18.2 Å². The third kappa shape index (κ3) is 3.84. The van der Waals surface area contributed by atoms with E-state index >= 15 is 0 Å². The van der Waals surface area contributed by atoms with Crippen LogP contribution in [0.4, 0.5) is 0 Å². The summed E-state index contributed by atoms with van der Waals surface area (Å²) in [5, 5.41) is 0. The first-order chi connectivity index (χ1) is 10.0. The smallest absolute Gasteiger partial charge is 0.221 e. The summed E-state index contributed by atoms with van der Waals surface area (Å²) < 4.78 is 1.07. The molecule has 5 heteroatoms. The van der Waals surface area contributed by atoms with E-state index in [4.69, 9.17) is 11.5 Å². The minimum absolute atomic E-state index is 0.0373. The number of primary amides is 1.